The van der Waals surface area contributed by atoms with Crippen LogP contribution in [0.4, 0.5) is 17.1 Å². The van der Waals surface area contributed by atoms with Gasteiger partial charge in [0.05, 0.1) is 0 Å². The molecule has 0 fully saturated rings. The number of benzene rings is 4. The van der Waals surface area contributed by atoms with Crippen LogP contribution in [0.5, 0.6) is 11.5 Å². The number of para-hydroxylation sites is 1. The van der Waals surface area contributed by atoms with E-state index in [1.165, 1.54) is 10.5 Å². The van der Waals surface area contributed by atoms with Crippen molar-refractivity contribution < 1.29 is 29.9 Å². The topological polar surface area (TPSA) is 33.5 Å². The van der Waals surface area contributed by atoms with Crippen molar-refractivity contribution in [2.24, 2.45) is 0 Å². The zero-order chi connectivity index (χ0) is 31.7. The van der Waals surface area contributed by atoms with Gasteiger partial charge < -0.3 is 19.1 Å². The Morgan fingerprint density at radius 2 is 1.60 bits per heavy atom. The van der Waals surface area contributed by atoms with E-state index >= 15 is 0 Å². The minimum Gasteiger partial charge on any atom is -0.509 e. The Morgan fingerprint density at radius 3 is 2.40 bits per heavy atom. The maximum absolute atomic E-state index is 8.11. The maximum atomic E-state index is 8.11. The molecule has 4 aromatic carbocycles. The third-order valence-corrected chi connectivity index (χ3v) is 7.97. The molecule has 6 aromatic rings. The molecule has 1 aliphatic rings. The minimum absolute atomic E-state index is 0. The van der Waals surface area contributed by atoms with Crippen LogP contribution in [-0.2, 0) is 26.5 Å². The predicted octanol–water partition coefficient (Wildman–Crippen LogP) is 9.19. The monoisotopic (exact) mass is 747 g/mol. The van der Waals surface area contributed by atoms with Gasteiger partial charge in [-0.25, -0.2) is 4.98 Å². The van der Waals surface area contributed by atoms with Crippen molar-refractivity contribution in [1.82, 2.24) is 9.55 Å². The summed E-state index contributed by atoms with van der Waals surface area (Å²) in [6.45, 7) is 9.88. The molecule has 6 heteroatoms. The molecule has 0 radical (unpaired) electrons. The van der Waals surface area contributed by atoms with Crippen molar-refractivity contribution in [3.63, 3.8) is 0 Å². The molecule has 1 aliphatic heterocycles. The molecule has 2 aromatic heterocycles. The first kappa shape index (κ1) is 25.4. The fourth-order valence-corrected chi connectivity index (χ4v) is 5.54. The largest absolute Gasteiger partial charge is 0.509 e. The summed E-state index contributed by atoms with van der Waals surface area (Å²) in [5.74, 6) is 1.85. The number of aromatic nitrogens is 2. The van der Waals surface area contributed by atoms with Gasteiger partial charge in [0, 0.05) is 59.8 Å². The SMILES string of the molecule is [2H]C([2H])([2H])N1[CH-]N(c2[c-]c(Oc3[c-]c4c(cc3)c3ccccc3n4-c3cc(C(C)(C)C)ccn3)ccc2)c2cc(C)c(C)cc21.[Pt]. The molecule has 0 unspecified atom stereocenters. The molecule has 0 amide bonds. The molecule has 220 valence electrons. The normalized spacial score (nSPS) is 14.3. The molecular formula is C37H33N4OPt-3. The Morgan fingerprint density at radius 1 is 0.837 bits per heavy atom. The van der Waals surface area contributed by atoms with E-state index in [-0.39, 0.29) is 26.5 Å². The zero-order valence-electron chi connectivity index (χ0n) is 27.7. The molecular weight excluding hydrogens is 712 g/mol. The van der Waals surface area contributed by atoms with E-state index in [1.807, 2.05) is 73.5 Å². The number of anilines is 3. The third-order valence-electron chi connectivity index (χ3n) is 7.97. The molecule has 0 spiro atoms. The van der Waals surface area contributed by atoms with Gasteiger partial charge in [-0.2, -0.15) is 18.8 Å². The summed E-state index contributed by atoms with van der Waals surface area (Å²) in [6.07, 6.45) is 1.86. The average molecular weight is 748 g/mol. The van der Waals surface area contributed by atoms with Crippen molar-refractivity contribution in [1.29, 1.82) is 0 Å². The number of aryl methyl sites for hydroxylation is 2. The Hall–Kier alpha value is -4.08. The number of rotatable bonds is 4. The zero-order valence-corrected chi connectivity index (χ0v) is 26.9. The van der Waals surface area contributed by atoms with Crippen LogP contribution in [0.15, 0.2) is 85.1 Å². The van der Waals surface area contributed by atoms with Crippen molar-refractivity contribution >= 4 is 38.9 Å². The van der Waals surface area contributed by atoms with Crippen molar-refractivity contribution in [3.8, 4) is 17.3 Å². The van der Waals surface area contributed by atoms with Crippen LogP contribution < -0.4 is 14.5 Å². The fraction of sp³-hybridized carbons (Fsp3) is 0.189. The van der Waals surface area contributed by atoms with Gasteiger partial charge in [-0.15, -0.1) is 41.4 Å². The van der Waals surface area contributed by atoms with Crippen molar-refractivity contribution in [2.45, 2.75) is 40.0 Å². The Labute approximate surface area is 272 Å². The summed E-state index contributed by atoms with van der Waals surface area (Å²) in [5.41, 5.74) is 7.27. The van der Waals surface area contributed by atoms with Crippen LogP contribution in [0, 0.1) is 32.6 Å². The molecule has 0 saturated heterocycles. The van der Waals surface area contributed by atoms with E-state index in [9.17, 15) is 0 Å². The van der Waals surface area contributed by atoms with Crippen molar-refractivity contribution in [2.75, 3.05) is 16.8 Å². The number of hydrogen-bond acceptors (Lipinski definition) is 4. The molecule has 43 heavy (non-hydrogen) atoms. The minimum atomic E-state index is -2.33. The molecule has 7 rings (SSSR count). The van der Waals surface area contributed by atoms with E-state index < -0.39 is 6.98 Å². The van der Waals surface area contributed by atoms with Gasteiger partial charge in [0.25, 0.3) is 0 Å². The Bertz CT molecular complexity index is 2100. The van der Waals surface area contributed by atoms with Gasteiger partial charge in [0.1, 0.15) is 5.82 Å². The summed E-state index contributed by atoms with van der Waals surface area (Å²) in [5, 5.41) is 2.16. The summed E-state index contributed by atoms with van der Waals surface area (Å²) in [4.78, 5) is 7.94. The van der Waals surface area contributed by atoms with E-state index in [0.29, 0.717) is 22.9 Å². The predicted molar refractivity (Wildman–Crippen MR) is 172 cm³/mol. The van der Waals surface area contributed by atoms with Crippen molar-refractivity contribution in [3.05, 3.63) is 121 Å². The average Bonchev–Trinajstić information content (AvgIpc) is 3.53. The number of pyridine rings is 1. The van der Waals surface area contributed by atoms with Gasteiger partial charge in [-0.3, -0.25) is 0 Å². The summed E-state index contributed by atoms with van der Waals surface area (Å²) >= 11 is 0. The smallest absolute Gasteiger partial charge is 0.135 e. The quantitative estimate of drug-likeness (QED) is 0.169. The van der Waals surface area contributed by atoms with Crippen LogP contribution in [0.25, 0.3) is 27.6 Å². The second-order valence-corrected chi connectivity index (χ2v) is 11.9. The van der Waals surface area contributed by atoms with Gasteiger partial charge in [0.2, 0.25) is 0 Å². The first-order valence-electron chi connectivity index (χ1n) is 15.6. The van der Waals surface area contributed by atoms with E-state index in [0.717, 1.165) is 44.4 Å². The molecule has 0 aliphatic carbocycles. The number of nitrogens with zero attached hydrogens (tertiary/aromatic N) is 4. The van der Waals surface area contributed by atoms with Gasteiger partial charge in [0.15, 0.2) is 0 Å². The van der Waals surface area contributed by atoms with Crippen LogP contribution >= 0.6 is 0 Å². The van der Waals surface area contributed by atoms with Crippen LogP contribution in [-0.4, -0.2) is 16.5 Å². The van der Waals surface area contributed by atoms with Gasteiger partial charge >= 0.3 is 0 Å². The fourth-order valence-electron chi connectivity index (χ4n) is 5.54. The first-order chi connectivity index (χ1) is 21.4. The molecule has 5 nitrogen and oxygen atoms in total. The summed E-state index contributed by atoms with van der Waals surface area (Å²) in [6, 6.07) is 32.9. The first-order valence-corrected chi connectivity index (χ1v) is 14.1. The standard InChI is InChI=1S/C37H33N4O.Pt/c1-24-18-34-35(19-25(24)2)40(23-39(34)6)27-10-9-11-28(21-27)42-29-14-15-31-30-12-7-8-13-32(30)41(33(31)22-29)36-20-26(16-17-38-36)37(3,4)5;/h7-20,23H,1-6H3;/q-3;/i6D3;. The maximum Gasteiger partial charge on any atom is 0.135 e. The Kier molecular flexibility index (Phi) is 6.43. The third kappa shape index (κ3) is 5.10. The second kappa shape index (κ2) is 10.9. The molecule has 0 atom stereocenters. The van der Waals surface area contributed by atoms with Gasteiger partial charge in [-0.1, -0.05) is 44.5 Å². The number of hydrogen-bond donors (Lipinski definition) is 0. The van der Waals surface area contributed by atoms with Gasteiger partial charge in [-0.05, 0) is 78.6 Å². The van der Waals surface area contributed by atoms with Crippen LogP contribution in [0.1, 0.15) is 41.6 Å². The van der Waals surface area contributed by atoms with Crippen LogP contribution in [0.2, 0.25) is 0 Å². The number of ether oxygens (including phenoxy) is 1. The molecule has 3 heterocycles. The Balaban J connectivity index is 0.00000372. The number of fused-ring (bicyclic) bond motifs is 4. The molecule has 0 N–H and O–H groups in total. The van der Waals surface area contributed by atoms with Crippen LogP contribution in [0.3, 0.4) is 0 Å². The second-order valence-electron chi connectivity index (χ2n) is 11.9. The van der Waals surface area contributed by atoms with E-state index in [1.54, 1.807) is 6.67 Å². The summed E-state index contributed by atoms with van der Waals surface area (Å²) < 4.78 is 32.8. The molecule has 0 bridgehead atoms. The van der Waals surface area contributed by atoms with E-state index in [2.05, 4.69) is 67.8 Å². The van der Waals surface area contributed by atoms with E-state index in [4.69, 9.17) is 13.8 Å². The summed E-state index contributed by atoms with van der Waals surface area (Å²) in [7, 11) is 0. The molecule has 0 saturated carbocycles.